The molecule has 0 saturated carbocycles. The zero-order valence-electron chi connectivity index (χ0n) is 10.8. The van der Waals surface area contributed by atoms with Gasteiger partial charge in [-0.15, -0.1) is 0 Å². The van der Waals surface area contributed by atoms with Crippen LogP contribution in [0.1, 0.15) is 40.0 Å². The summed E-state index contributed by atoms with van der Waals surface area (Å²) in [5.74, 6) is 1.80. The first kappa shape index (κ1) is 13.0. The van der Waals surface area contributed by atoms with Gasteiger partial charge in [-0.2, -0.15) is 0 Å². The van der Waals surface area contributed by atoms with E-state index in [9.17, 15) is 0 Å². The minimum absolute atomic E-state index is 0.823. The molecule has 0 aliphatic carbocycles. The van der Waals surface area contributed by atoms with Gasteiger partial charge in [0, 0.05) is 6.54 Å². The van der Waals surface area contributed by atoms with Gasteiger partial charge in [-0.05, 0) is 57.3 Å². The first-order valence-electron chi connectivity index (χ1n) is 6.65. The second-order valence-corrected chi connectivity index (χ2v) is 5.28. The highest BCUT2D eigenvalue weighted by Crippen LogP contribution is 2.20. The molecule has 0 atom stereocenters. The van der Waals surface area contributed by atoms with Crippen molar-refractivity contribution < 1.29 is 0 Å². The summed E-state index contributed by atoms with van der Waals surface area (Å²) in [6, 6.07) is 0. The monoisotopic (exact) mass is 212 g/mol. The van der Waals surface area contributed by atoms with Crippen LogP contribution in [0.3, 0.4) is 0 Å². The molecule has 0 spiro atoms. The largest absolute Gasteiger partial charge is 0.317 e. The molecular formula is C13H28N2. The van der Waals surface area contributed by atoms with Crippen LogP contribution in [0.15, 0.2) is 0 Å². The standard InChI is InChI=1S/C13H28N2/c1-4-14-8-5-13-6-9-15(10-7-13)11-12(2)3/h12-14H,4-11H2,1-3H3. The van der Waals surface area contributed by atoms with Gasteiger partial charge in [0.1, 0.15) is 0 Å². The summed E-state index contributed by atoms with van der Waals surface area (Å²) in [5, 5.41) is 3.43. The Morgan fingerprint density at radius 2 is 1.93 bits per heavy atom. The lowest BCUT2D eigenvalue weighted by Crippen LogP contribution is -2.36. The quantitative estimate of drug-likeness (QED) is 0.680. The number of hydrogen-bond donors (Lipinski definition) is 1. The lowest BCUT2D eigenvalue weighted by atomic mass is 9.93. The molecule has 0 bridgehead atoms. The predicted molar refractivity (Wildman–Crippen MR) is 67.2 cm³/mol. The molecule has 1 aliphatic heterocycles. The molecule has 0 amide bonds. The van der Waals surface area contributed by atoms with E-state index >= 15 is 0 Å². The van der Waals surface area contributed by atoms with Crippen LogP contribution >= 0.6 is 0 Å². The first-order valence-corrected chi connectivity index (χ1v) is 6.65. The van der Waals surface area contributed by atoms with Crippen molar-refractivity contribution in [2.75, 3.05) is 32.7 Å². The van der Waals surface area contributed by atoms with Crippen molar-refractivity contribution >= 4 is 0 Å². The molecule has 1 rings (SSSR count). The molecule has 1 fully saturated rings. The minimum atomic E-state index is 0.823. The fourth-order valence-corrected chi connectivity index (χ4v) is 2.46. The van der Waals surface area contributed by atoms with Crippen LogP contribution < -0.4 is 5.32 Å². The molecule has 15 heavy (non-hydrogen) atoms. The van der Waals surface area contributed by atoms with E-state index in [1.54, 1.807) is 0 Å². The average Bonchev–Trinajstić information content (AvgIpc) is 2.20. The fourth-order valence-electron chi connectivity index (χ4n) is 2.46. The van der Waals surface area contributed by atoms with E-state index in [0.29, 0.717) is 0 Å². The Kier molecular flexibility index (Phi) is 6.26. The van der Waals surface area contributed by atoms with Crippen molar-refractivity contribution in [2.24, 2.45) is 11.8 Å². The molecule has 1 N–H and O–H groups in total. The topological polar surface area (TPSA) is 15.3 Å². The van der Waals surface area contributed by atoms with E-state index < -0.39 is 0 Å². The van der Waals surface area contributed by atoms with Crippen LogP contribution in [0.2, 0.25) is 0 Å². The molecule has 0 radical (unpaired) electrons. The summed E-state index contributed by atoms with van der Waals surface area (Å²) in [7, 11) is 0. The second kappa shape index (κ2) is 7.24. The highest BCUT2D eigenvalue weighted by Gasteiger charge is 2.18. The van der Waals surface area contributed by atoms with E-state index in [2.05, 4.69) is 31.0 Å². The van der Waals surface area contributed by atoms with Crippen molar-refractivity contribution in [3.8, 4) is 0 Å². The number of nitrogens with zero attached hydrogens (tertiary/aromatic N) is 1. The summed E-state index contributed by atoms with van der Waals surface area (Å²) >= 11 is 0. The zero-order valence-corrected chi connectivity index (χ0v) is 10.8. The second-order valence-electron chi connectivity index (χ2n) is 5.28. The normalized spacial score (nSPS) is 20.0. The maximum Gasteiger partial charge on any atom is 0.000439 e. The van der Waals surface area contributed by atoms with Crippen molar-refractivity contribution in [1.82, 2.24) is 10.2 Å². The maximum absolute atomic E-state index is 3.43. The molecule has 2 heteroatoms. The van der Waals surface area contributed by atoms with Crippen LogP contribution in [0.25, 0.3) is 0 Å². The van der Waals surface area contributed by atoms with Crippen LogP contribution in [-0.4, -0.2) is 37.6 Å². The molecule has 2 nitrogen and oxygen atoms in total. The maximum atomic E-state index is 3.43. The van der Waals surface area contributed by atoms with Gasteiger partial charge >= 0.3 is 0 Å². The molecule has 0 unspecified atom stereocenters. The molecule has 1 saturated heterocycles. The van der Waals surface area contributed by atoms with Gasteiger partial charge in [-0.1, -0.05) is 20.8 Å². The summed E-state index contributed by atoms with van der Waals surface area (Å²) in [4.78, 5) is 2.63. The zero-order chi connectivity index (χ0) is 11.1. The molecular weight excluding hydrogens is 184 g/mol. The number of piperidine rings is 1. The van der Waals surface area contributed by atoms with Crippen LogP contribution in [0, 0.1) is 11.8 Å². The lowest BCUT2D eigenvalue weighted by molar-refractivity contribution is 0.163. The van der Waals surface area contributed by atoms with Crippen molar-refractivity contribution in [1.29, 1.82) is 0 Å². The minimum Gasteiger partial charge on any atom is -0.317 e. The average molecular weight is 212 g/mol. The summed E-state index contributed by atoms with van der Waals surface area (Å²) in [5.41, 5.74) is 0. The van der Waals surface area contributed by atoms with E-state index in [4.69, 9.17) is 0 Å². The third-order valence-corrected chi connectivity index (χ3v) is 3.31. The van der Waals surface area contributed by atoms with Gasteiger partial charge < -0.3 is 10.2 Å². The molecule has 0 aromatic carbocycles. The number of nitrogens with one attached hydrogen (secondary N) is 1. The smallest absolute Gasteiger partial charge is 0.000439 e. The van der Waals surface area contributed by atoms with Gasteiger partial charge in [0.2, 0.25) is 0 Å². The van der Waals surface area contributed by atoms with Gasteiger partial charge in [-0.25, -0.2) is 0 Å². The van der Waals surface area contributed by atoms with Gasteiger partial charge in [0.05, 0.1) is 0 Å². The Hall–Kier alpha value is -0.0800. The van der Waals surface area contributed by atoms with Crippen molar-refractivity contribution in [2.45, 2.75) is 40.0 Å². The third kappa shape index (κ3) is 5.53. The Labute approximate surface area is 95.4 Å². The summed E-state index contributed by atoms with van der Waals surface area (Å²) in [6.07, 6.45) is 4.21. The summed E-state index contributed by atoms with van der Waals surface area (Å²) < 4.78 is 0. The SMILES string of the molecule is CCNCCC1CCN(CC(C)C)CC1. The lowest BCUT2D eigenvalue weighted by Gasteiger charge is -2.33. The van der Waals surface area contributed by atoms with E-state index in [-0.39, 0.29) is 0 Å². The van der Waals surface area contributed by atoms with E-state index in [1.807, 2.05) is 0 Å². The van der Waals surface area contributed by atoms with Crippen LogP contribution in [0.5, 0.6) is 0 Å². The third-order valence-electron chi connectivity index (χ3n) is 3.31. The molecule has 0 aromatic rings. The Balaban J connectivity index is 2.07. The summed E-state index contributed by atoms with van der Waals surface area (Å²) in [6.45, 7) is 13.1. The fraction of sp³-hybridized carbons (Fsp3) is 1.00. The van der Waals surface area contributed by atoms with Crippen molar-refractivity contribution in [3.63, 3.8) is 0 Å². The molecule has 90 valence electrons. The number of rotatable bonds is 6. The highest BCUT2D eigenvalue weighted by atomic mass is 15.1. The molecule has 1 heterocycles. The predicted octanol–water partition coefficient (Wildman–Crippen LogP) is 2.35. The Bertz CT molecular complexity index is 149. The number of likely N-dealkylation sites (tertiary alicyclic amines) is 1. The van der Waals surface area contributed by atoms with Crippen molar-refractivity contribution in [3.05, 3.63) is 0 Å². The highest BCUT2D eigenvalue weighted by molar-refractivity contribution is 4.73. The van der Waals surface area contributed by atoms with Gasteiger partial charge in [0.15, 0.2) is 0 Å². The van der Waals surface area contributed by atoms with Crippen LogP contribution in [-0.2, 0) is 0 Å². The Morgan fingerprint density at radius 1 is 1.27 bits per heavy atom. The van der Waals surface area contributed by atoms with Crippen LogP contribution in [0.4, 0.5) is 0 Å². The first-order chi connectivity index (χ1) is 7.22. The van der Waals surface area contributed by atoms with E-state index in [0.717, 1.165) is 18.4 Å². The van der Waals surface area contributed by atoms with Gasteiger partial charge in [0.25, 0.3) is 0 Å². The number of hydrogen-bond acceptors (Lipinski definition) is 2. The van der Waals surface area contributed by atoms with E-state index in [1.165, 1.54) is 45.4 Å². The Morgan fingerprint density at radius 3 is 2.47 bits per heavy atom. The molecule has 0 aromatic heterocycles. The molecule has 1 aliphatic rings. The van der Waals surface area contributed by atoms with Gasteiger partial charge in [-0.3, -0.25) is 0 Å².